The average molecular weight is 531 g/mol. The van der Waals surface area contributed by atoms with Gasteiger partial charge in [-0.2, -0.15) is 0 Å². The van der Waals surface area contributed by atoms with Gasteiger partial charge in [-0.3, -0.25) is 4.90 Å². The minimum Gasteiger partial charge on any atom is -0.379 e. The first-order valence-corrected chi connectivity index (χ1v) is 10.0. The molecule has 10 heteroatoms. The van der Waals surface area contributed by atoms with Crippen molar-refractivity contribution in [2.45, 2.75) is 26.4 Å². The van der Waals surface area contributed by atoms with E-state index < -0.39 is 0 Å². The molecule has 0 spiro atoms. The fraction of sp³-hybridized carbons (Fsp3) is 0.550. The van der Waals surface area contributed by atoms with E-state index in [0.717, 1.165) is 63.0 Å². The van der Waals surface area contributed by atoms with Crippen molar-refractivity contribution < 1.29 is 9.13 Å². The molecule has 2 aromatic rings. The van der Waals surface area contributed by atoms with Crippen LogP contribution in [-0.4, -0.2) is 65.0 Å². The maximum absolute atomic E-state index is 13.4. The van der Waals surface area contributed by atoms with Crippen molar-refractivity contribution in [3.05, 3.63) is 47.3 Å². The van der Waals surface area contributed by atoms with Crippen molar-refractivity contribution in [3.8, 4) is 0 Å². The summed E-state index contributed by atoms with van der Waals surface area (Å²) in [6.07, 6.45) is 1.00. The zero-order valence-electron chi connectivity index (χ0n) is 17.6. The standard InChI is InChI=1S/C20H30FN7O.HI/c1-16-25-26-19(27(16)2)15-24-20(23-14-17-5-3-6-18(21)13-17)22-7-4-8-28-9-11-29-12-10-28;/h3,5-6,13H,4,7-12,14-15H2,1-2H3,(H2,22,23,24);1H. The molecule has 0 unspecified atom stereocenters. The summed E-state index contributed by atoms with van der Waals surface area (Å²) in [6, 6.07) is 6.51. The van der Waals surface area contributed by atoms with E-state index in [1.807, 2.05) is 24.6 Å². The number of aliphatic imine (C=N–C) groups is 1. The highest BCUT2D eigenvalue weighted by atomic mass is 127. The van der Waals surface area contributed by atoms with E-state index in [2.05, 4.69) is 30.7 Å². The number of morpholine rings is 1. The number of hydrogen-bond donors (Lipinski definition) is 2. The molecule has 1 aliphatic rings. The summed E-state index contributed by atoms with van der Waals surface area (Å²) in [5.74, 6) is 2.12. The molecule has 2 N–H and O–H groups in total. The van der Waals surface area contributed by atoms with Gasteiger partial charge in [-0.25, -0.2) is 9.38 Å². The van der Waals surface area contributed by atoms with Crippen LogP contribution in [0.5, 0.6) is 0 Å². The van der Waals surface area contributed by atoms with E-state index in [1.54, 1.807) is 6.07 Å². The second-order valence-electron chi connectivity index (χ2n) is 7.11. The topological polar surface area (TPSA) is 79.6 Å². The van der Waals surface area contributed by atoms with Crippen molar-refractivity contribution in [1.29, 1.82) is 0 Å². The Morgan fingerprint density at radius 2 is 2.03 bits per heavy atom. The molecule has 1 fully saturated rings. The number of ether oxygens (including phenoxy) is 1. The molecule has 0 amide bonds. The minimum atomic E-state index is -0.250. The van der Waals surface area contributed by atoms with Crippen LogP contribution < -0.4 is 10.6 Å². The molecule has 3 rings (SSSR count). The van der Waals surface area contributed by atoms with Gasteiger partial charge in [0.25, 0.3) is 0 Å². The van der Waals surface area contributed by atoms with Gasteiger partial charge in [-0.15, -0.1) is 34.2 Å². The zero-order chi connectivity index (χ0) is 20.5. The van der Waals surface area contributed by atoms with Gasteiger partial charge in [-0.1, -0.05) is 12.1 Å². The number of nitrogens with zero attached hydrogens (tertiary/aromatic N) is 5. The second kappa shape index (κ2) is 12.8. The van der Waals surface area contributed by atoms with Crippen LogP contribution >= 0.6 is 24.0 Å². The third-order valence-electron chi connectivity index (χ3n) is 4.95. The Morgan fingerprint density at radius 1 is 1.23 bits per heavy atom. The molecular weight excluding hydrogens is 500 g/mol. The molecule has 2 heterocycles. The van der Waals surface area contributed by atoms with Crippen LogP contribution in [0.4, 0.5) is 4.39 Å². The van der Waals surface area contributed by atoms with Gasteiger partial charge in [0.05, 0.1) is 26.3 Å². The predicted octanol–water partition coefficient (Wildman–Crippen LogP) is 1.84. The fourth-order valence-electron chi connectivity index (χ4n) is 3.08. The number of nitrogens with one attached hydrogen (secondary N) is 2. The maximum Gasteiger partial charge on any atom is 0.191 e. The Balaban J connectivity index is 0.00000320. The summed E-state index contributed by atoms with van der Waals surface area (Å²) in [5, 5.41) is 14.9. The van der Waals surface area contributed by atoms with Crippen molar-refractivity contribution in [1.82, 2.24) is 30.3 Å². The first kappa shape index (κ1) is 24.5. The number of benzene rings is 1. The second-order valence-corrected chi connectivity index (χ2v) is 7.11. The number of guanidine groups is 1. The van der Waals surface area contributed by atoms with E-state index in [4.69, 9.17) is 4.74 Å². The number of aromatic nitrogens is 3. The van der Waals surface area contributed by atoms with Gasteiger partial charge >= 0.3 is 0 Å². The smallest absolute Gasteiger partial charge is 0.191 e. The Kier molecular flexibility index (Phi) is 10.4. The molecule has 1 saturated heterocycles. The monoisotopic (exact) mass is 531 g/mol. The quantitative estimate of drug-likeness (QED) is 0.234. The number of rotatable bonds is 8. The highest BCUT2D eigenvalue weighted by Crippen LogP contribution is 2.05. The van der Waals surface area contributed by atoms with Gasteiger partial charge < -0.3 is 19.9 Å². The number of aryl methyl sites for hydroxylation is 1. The summed E-state index contributed by atoms with van der Waals surface area (Å²) in [7, 11) is 1.94. The van der Waals surface area contributed by atoms with Crippen LogP contribution in [0.3, 0.4) is 0 Å². The van der Waals surface area contributed by atoms with Gasteiger partial charge in [-0.05, 0) is 37.6 Å². The number of halogens is 2. The highest BCUT2D eigenvalue weighted by molar-refractivity contribution is 14.0. The third-order valence-corrected chi connectivity index (χ3v) is 4.95. The number of hydrogen-bond acceptors (Lipinski definition) is 5. The van der Waals surface area contributed by atoms with Gasteiger partial charge in [0.1, 0.15) is 11.6 Å². The first-order chi connectivity index (χ1) is 14.1. The lowest BCUT2D eigenvalue weighted by Crippen LogP contribution is -2.40. The Morgan fingerprint density at radius 3 is 2.73 bits per heavy atom. The summed E-state index contributed by atoms with van der Waals surface area (Å²) < 4.78 is 20.7. The average Bonchev–Trinajstić information content (AvgIpc) is 3.05. The van der Waals surface area contributed by atoms with Crippen LogP contribution in [0, 0.1) is 12.7 Å². The molecule has 1 aromatic heterocycles. The van der Waals surface area contributed by atoms with Crippen LogP contribution in [0.1, 0.15) is 23.6 Å². The molecule has 1 aromatic carbocycles. The largest absolute Gasteiger partial charge is 0.379 e. The predicted molar refractivity (Wildman–Crippen MR) is 125 cm³/mol. The van der Waals surface area contributed by atoms with Crippen molar-refractivity contribution >= 4 is 29.9 Å². The third kappa shape index (κ3) is 7.80. The van der Waals surface area contributed by atoms with Crippen LogP contribution in [0.25, 0.3) is 0 Å². The normalized spacial score (nSPS) is 15.0. The van der Waals surface area contributed by atoms with Crippen LogP contribution in [0.2, 0.25) is 0 Å². The summed E-state index contributed by atoms with van der Waals surface area (Å²) in [6.45, 7) is 8.25. The van der Waals surface area contributed by atoms with Crippen molar-refractivity contribution in [2.24, 2.45) is 12.0 Å². The Bertz CT molecular complexity index is 808. The fourth-order valence-corrected chi connectivity index (χ4v) is 3.08. The van der Waals surface area contributed by atoms with E-state index in [0.29, 0.717) is 19.0 Å². The summed E-state index contributed by atoms with van der Waals surface area (Å²) >= 11 is 0. The molecule has 8 nitrogen and oxygen atoms in total. The lowest BCUT2D eigenvalue weighted by Gasteiger charge is -2.26. The van der Waals surface area contributed by atoms with Crippen LogP contribution in [0.15, 0.2) is 29.3 Å². The molecule has 166 valence electrons. The highest BCUT2D eigenvalue weighted by Gasteiger charge is 2.10. The SMILES string of the molecule is Cc1nnc(CNC(=NCc2cccc(F)c2)NCCCN2CCOCC2)n1C.I. The molecule has 0 radical (unpaired) electrons. The molecule has 0 saturated carbocycles. The van der Waals surface area contributed by atoms with E-state index in [1.165, 1.54) is 12.1 Å². The Labute approximate surface area is 194 Å². The van der Waals surface area contributed by atoms with E-state index >= 15 is 0 Å². The molecule has 30 heavy (non-hydrogen) atoms. The van der Waals surface area contributed by atoms with Gasteiger partial charge in [0, 0.05) is 26.7 Å². The molecular formula is C20H31FIN7O. The molecule has 0 bridgehead atoms. The summed E-state index contributed by atoms with van der Waals surface area (Å²) in [5.41, 5.74) is 0.828. The summed E-state index contributed by atoms with van der Waals surface area (Å²) in [4.78, 5) is 7.01. The molecule has 1 aliphatic heterocycles. The van der Waals surface area contributed by atoms with E-state index in [9.17, 15) is 4.39 Å². The Hall–Kier alpha value is -1.79. The lowest BCUT2D eigenvalue weighted by molar-refractivity contribution is 0.0376. The molecule has 0 atom stereocenters. The molecule has 0 aliphatic carbocycles. The lowest BCUT2D eigenvalue weighted by atomic mass is 10.2. The first-order valence-electron chi connectivity index (χ1n) is 10.0. The van der Waals surface area contributed by atoms with E-state index in [-0.39, 0.29) is 29.8 Å². The van der Waals surface area contributed by atoms with Crippen LogP contribution in [-0.2, 0) is 24.9 Å². The van der Waals surface area contributed by atoms with Crippen molar-refractivity contribution in [2.75, 3.05) is 39.4 Å². The van der Waals surface area contributed by atoms with Gasteiger partial charge in [0.15, 0.2) is 11.8 Å². The van der Waals surface area contributed by atoms with Gasteiger partial charge in [0.2, 0.25) is 0 Å². The maximum atomic E-state index is 13.4. The van der Waals surface area contributed by atoms with Crippen molar-refractivity contribution in [3.63, 3.8) is 0 Å². The zero-order valence-corrected chi connectivity index (χ0v) is 19.9. The minimum absolute atomic E-state index is 0.